The van der Waals surface area contributed by atoms with Gasteiger partial charge in [0.25, 0.3) is 0 Å². The van der Waals surface area contributed by atoms with E-state index in [-0.39, 0.29) is 1.43 Å². The average molecular weight is 405 g/mol. The Labute approximate surface area is 180 Å². The Morgan fingerprint density at radius 2 is 0.871 bits per heavy atom. The number of para-hydroxylation sites is 1. The van der Waals surface area contributed by atoms with Crippen LogP contribution in [0.5, 0.6) is 5.75 Å². The number of phenols is 1. The number of fused-ring (bicyclic) bond motifs is 8. The Morgan fingerprint density at radius 3 is 1.16 bits per heavy atom. The van der Waals surface area contributed by atoms with Crippen molar-refractivity contribution < 1.29 is 6.53 Å². The van der Waals surface area contributed by atoms with Gasteiger partial charge in [0, 0.05) is 22.1 Å². The molecule has 0 radical (unpaired) electrons. The number of nitrogens with one attached hydrogen (secondary N) is 2. The lowest BCUT2D eigenvalue weighted by atomic mass is 10.3. The number of rotatable bonds is 0. The number of H-pyrrole nitrogens is 2. The van der Waals surface area contributed by atoms with Gasteiger partial charge in [-0.15, -0.1) is 0 Å². The van der Waals surface area contributed by atoms with Gasteiger partial charge in [-0.1, -0.05) is 18.2 Å². The third kappa shape index (κ3) is 4.62. The minimum absolute atomic E-state index is 0. The van der Waals surface area contributed by atoms with E-state index in [4.69, 9.17) is 5.11 Å². The highest BCUT2D eigenvalue weighted by molar-refractivity contribution is 5.77. The van der Waals surface area contributed by atoms with Gasteiger partial charge in [-0.3, -0.25) is 0 Å². The zero-order valence-electron chi connectivity index (χ0n) is 17.7. The summed E-state index contributed by atoms with van der Waals surface area (Å²) in [6.07, 6.45) is 8.09. The van der Waals surface area contributed by atoms with E-state index in [9.17, 15) is 0 Å². The lowest BCUT2D eigenvalue weighted by Crippen LogP contribution is -1.75. The summed E-state index contributed by atoms with van der Waals surface area (Å²) in [5, 5.41) is 8.63. The first-order valence-electron chi connectivity index (χ1n) is 9.98. The van der Waals surface area contributed by atoms with E-state index in [1.165, 1.54) is 0 Å². The molecule has 8 bridgehead atoms. The number of aromatic nitrogens is 4. The summed E-state index contributed by atoms with van der Waals surface area (Å²) in [6, 6.07) is 25.1. The number of benzene rings is 1. The quantitative estimate of drug-likeness (QED) is 0.283. The molecule has 0 saturated carbocycles. The average Bonchev–Trinajstić information content (AvgIpc) is 3.55. The normalized spacial score (nSPS) is 11.7. The summed E-state index contributed by atoms with van der Waals surface area (Å²) >= 11 is 0. The first-order valence-corrected chi connectivity index (χ1v) is 9.98. The molecule has 5 nitrogen and oxygen atoms in total. The van der Waals surface area contributed by atoms with Crippen LogP contribution in [0.3, 0.4) is 0 Å². The molecule has 0 saturated heterocycles. The zero-order valence-corrected chi connectivity index (χ0v) is 16.7. The van der Waals surface area contributed by atoms with Crippen molar-refractivity contribution in [2.75, 3.05) is 0 Å². The lowest BCUT2D eigenvalue weighted by Gasteiger charge is -1.85. The van der Waals surface area contributed by atoms with Crippen LogP contribution in [0.2, 0.25) is 0 Å². The summed E-state index contributed by atoms with van der Waals surface area (Å²) in [5.74, 6) is 0.322. The number of nitrogens with zero attached hydrogens (tertiary/aromatic N) is 2. The maximum absolute atomic E-state index is 8.63. The van der Waals surface area contributed by atoms with Crippen molar-refractivity contribution in [1.82, 2.24) is 19.9 Å². The Morgan fingerprint density at radius 1 is 0.516 bits per heavy atom. The highest BCUT2D eigenvalue weighted by Gasteiger charge is 2.01. The highest BCUT2D eigenvalue weighted by atomic mass is 16.3. The van der Waals surface area contributed by atoms with Gasteiger partial charge in [-0.25, -0.2) is 9.97 Å². The second kappa shape index (κ2) is 8.16. The second-order valence-corrected chi connectivity index (χ2v) is 7.24. The molecule has 2 aliphatic rings. The van der Waals surface area contributed by atoms with Crippen LogP contribution in [-0.2, 0) is 0 Å². The summed E-state index contributed by atoms with van der Waals surface area (Å²) in [5.41, 5.74) is 7.86. The number of hydrogen-bond acceptors (Lipinski definition) is 3. The molecule has 0 aliphatic carbocycles. The van der Waals surface area contributed by atoms with E-state index in [0.717, 1.165) is 44.8 Å². The molecule has 31 heavy (non-hydrogen) atoms. The summed E-state index contributed by atoms with van der Waals surface area (Å²) in [4.78, 5) is 16.0. The summed E-state index contributed by atoms with van der Waals surface area (Å²) in [7, 11) is 0. The van der Waals surface area contributed by atoms with Gasteiger partial charge < -0.3 is 15.1 Å². The fourth-order valence-corrected chi connectivity index (χ4v) is 3.37. The minimum atomic E-state index is 0. The van der Waals surface area contributed by atoms with Crippen LogP contribution < -0.4 is 0 Å². The van der Waals surface area contributed by atoms with Gasteiger partial charge in [-0.2, -0.15) is 0 Å². The molecule has 5 heterocycles. The molecule has 0 spiro atoms. The van der Waals surface area contributed by atoms with Crippen molar-refractivity contribution in [1.29, 1.82) is 0 Å². The third-order valence-corrected chi connectivity index (χ3v) is 4.80. The van der Waals surface area contributed by atoms with Gasteiger partial charge in [0.2, 0.25) is 0 Å². The fourth-order valence-electron chi connectivity index (χ4n) is 3.37. The standard InChI is InChI=1S/C20H14N4.C6H6O/c1-2-14-10-16-5-6-18(23-16)12-20-8-7-19(24-20)11-17-4-3-15(22-17)9-13(1)21-14;7-6-4-2-1-3-5-6/h1-12,21,24H;1-5,7H/p+1. The lowest BCUT2D eigenvalue weighted by molar-refractivity contribution is 0.475. The second-order valence-electron chi connectivity index (χ2n) is 7.24. The van der Waals surface area contributed by atoms with Crippen molar-refractivity contribution in [2.24, 2.45) is 0 Å². The Balaban J connectivity index is 0.000000265. The number of aromatic hydroxyl groups is 1. The molecule has 1 aromatic carbocycles. The predicted molar refractivity (Wildman–Crippen MR) is 128 cm³/mol. The van der Waals surface area contributed by atoms with Crippen LogP contribution in [0.1, 0.15) is 24.2 Å². The maximum atomic E-state index is 8.63. The van der Waals surface area contributed by atoms with E-state index in [1.54, 1.807) is 24.3 Å². The largest absolute Gasteiger partial charge is 1.00 e. The van der Waals surface area contributed by atoms with E-state index in [2.05, 4.69) is 44.2 Å². The van der Waals surface area contributed by atoms with Crippen molar-refractivity contribution in [3.8, 4) is 5.75 Å². The molecule has 5 heteroatoms. The molecule has 3 aromatic heterocycles. The van der Waals surface area contributed by atoms with Gasteiger partial charge in [0.1, 0.15) is 5.75 Å². The number of aromatic amines is 2. The van der Waals surface area contributed by atoms with Gasteiger partial charge in [0.15, 0.2) is 0 Å². The first kappa shape index (κ1) is 18.6. The molecule has 0 amide bonds. The maximum Gasteiger partial charge on any atom is 1.00 e. The summed E-state index contributed by atoms with van der Waals surface area (Å²) in [6.45, 7) is 0. The van der Waals surface area contributed by atoms with E-state index in [0.29, 0.717) is 5.75 Å². The molecule has 0 fully saturated rings. The highest BCUT2D eigenvalue weighted by Crippen LogP contribution is 2.17. The van der Waals surface area contributed by atoms with Crippen LogP contribution in [0.15, 0.2) is 78.9 Å². The van der Waals surface area contributed by atoms with E-state index >= 15 is 0 Å². The van der Waals surface area contributed by atoms with Gasteiger partial charge in [-0.05, 0) is 85.0 Å². The van der Waals surface area contributed by atoms with Crippen molar-refractivity contribution in [3.63, 3.8) is 0 Å². The minimum Gasteiger partial charge on any atom is -0.508 e. The predicted octanol–water partition coefficient (Wildman–Crippen LogP) is 6.16. The number of hydrogen-bond donors (Lipinski definition) is 3. The Hall–Kier alpha value is -4.38. The first-order chi connectivity index (χ1) is 15.2. The monoisotopic (exact) mass is 405 g/mol. The van der Waals surface area contributed by atoms with Crippen molar-refractivity contribution in [3.05, 3.63) is 102 Å². The van der Waals surface area contributed by atoms with E-state index in [1.807, 2.05) is 54.6 Å². The van der Waals surface area contributed by atoms with Crippen LogP contribution in [0.25, 0.3) is 46.4 Å². The van der Waals surface area contributed by atoms with Crippen molar-refractivity contribution in [2.45, 2.75) is 0 Å². The molecular formula is C26H21N4O+. The topological polar surface area (TPSA) is 77.6 Å². The smallest absolute Gasteiger partial charge is 0.508 e. The molecule has 6 rings (SSSR count). The van der Waals surface area contributed by atoms with Crippen LogP contribution in [-0.4, -0.2) is 25.0 Å². The molecule has 150 valence electrons. The zero-order chi connectivity index (χ0) is 21.0. The van der Waals surface area contributed by atoms with Gasteiger partial charge in [0.05, 0.1) is 22.8 Å². The molecular weight excluding hydrogens is 384 g/mol. The Kier molecular flexibility index (Phi) is 4.91. The molecule has 2 aliphatic heterocycles. The summed E-state index contributed by atoms with van der Waals surface area (Å²) < 4.78 is 0. The van der Waals surface area contributed by atoms with Crippen molar-refractivity contribution >= 4 is 46.4 Å². The van der Waals surface area contributed by atoms with Crippen LogP contribution in [0, 0.1) is 0 Å². The van der Waals surface area contributed by atoms with E-state index < -0.39 is 0 Å². The molecule has 4 aromatic rings. The molecule has 3 N–H and O–H groups in total. The SMILES string of the molecule is C1=Cc2cc3ccc(cc4nc(cc5ccc(cc1n2)[nH]5)C=C4)[nH]3.Oc1ccccc1.[H+]. The molecule has 0 unspecified atom stereocenters. The third-order valence-electron chi connectivity index (χ3n) is 4.80. The number of phenolic OH excluding ortho intramolecular Hbond substituents is 1. The van der Waals surface area contributed by atoms with Crippen LogP contribution in [0.4, 0.5) is 0 Å². The fraction of sp³-hybridized carbons (Fsp3) is 0. The van der Waals surface area contributed by atoms with Crippen LogP contribution >= 0.6 is 0 Å². The Bertz CT molecular complexity index is 1270. The molecule has 0 atom stereocenters. The van der Waals surface area contributed by atoms with Gasteiger partial charge >= 0.3 is 1.43 Å².